The molecule has 0 atom stereocenters. The van der Waals surface area contributed by atoms with Gasteiger partial charge in [-0.05, 0) is 24.3 Å². The number of aromatic amines is 1. The second kappa shape index (κ2) is 4.90. The maximum atomic E-state index is 12.9. The Morgan fingerprint density at radius 3 is 2.55 bits per heavy atom. The molecule has 0 fully saturated rings. The molecule has 1 aromatic carbocycles. The number of rotatable bonds is 2. The Labute approximate surface area is 120 Å². The number of H-pyrrole nitrogens is 1. The highest BCUT2D eigenvalue weighted by molar-refractivity contribution is 5.81. The lowest BCUT2D eigenvalue weighted by molar-refractivity contribution is -0.136. The molecule has 0 bridgehead atoms. The van der Waals surface area contributed by atoms with Crippen LogP contribution in [0.25, 0.3) is 10.9 Å². The zero-order valence-electron chi connectivity index (χ0n) is 11.0. The van der Waals surface area contributed by atoms with Crippen LogP contribution in [0, 0.1) is 0 Å². The molecule has 2 heterocycles. The van der Waals surface area contributed by atoms with Gasteiger partial charge in [0.1, 0.15) is 5.76 Å². The molecule has 0 unspecified atom stereocenters. The van der Waals surface area contributed by atoms with Crippen LogP contribution in [-0.2, 0) is 12.7 Å². The highest BCUT2D eigenvalue weighted by Crippen LogP contribution is 2.32. The number of aromatic nitrogens is 2. The number of alkyl halides is 3. The fraction of sp³-hybridized carbons (Fsp3) is 0.143. The molecular weight excluding hydrogens is 301 g/mol. The third-order valence-electron chi connectivity index (χ3n) is 3.22. The van der Waals surface area contributed by atoms with E-state index in [1.54, 1.807) is 12.1 Å². The number of furan rings is 1. The van der Waals surface area contributed by atoms with Gasteiger partial charge in [-0.25, -0.2) is 4.79 Å². The van der Waals surface area contributed by atoms with Crippen LogP contribution in [0.15, 0.2) is 50.6 Å². The lowest BCUT2D eigenvalue weighted by atomic mass is 10.1. The molecule has 3 rings (SSSR count). The smallest absolute Gasteiger partial charge is 0.418 e. The molecule has 0 aliphatic rings. The second-order valence-electron chi connectivity index (χ2n) is 4.63. The van der Waals surface area contributed by atoms with Crippen LogP contribution in [0.3, 0.4) is 0 Å². The predicted molar refractivity (Wildman–Crippen MR) is 71.6 cm³/mol. The molecule has 1 N–H and O–H groups in total. The van der Waals surface area contributed by atoms with Crippen LogP contribution in [-0.4, -0.2) is 9.55 Å². The standard InChI is InChI=1S/C14H9F3N2O3/c15-14(16,17)10-5-1-4-9-11(10)18-13(21)19(12(9)20)7-8-3-2-6-22-8/h1-6H,7H2,(H,18,21). The highest BCUT2D eigenvalue weighted by Gasteiger charge is 2.33. The Morgan fingerprint density at radius 2 is 1.91 bits per heavy atom. The summed E-state index contributed by atoms with van der Waals surface area (Å²) < 4.78 is 44.7. The van der Waals surface area contributed by atoms with E-state index < -0.39 is 28.5 Å². The number of benzene rings is 1. The summed E-state index contributed by atoms with van der Waals surface area (Å²) in [7, 11) is 0. The first-order valence-corrected chi connectivity index (χ1v) is 6.23. The SMILES string of the molecule is O=c1[nH]c2c(C(F)(F)F)cccc2c(=O)n1Cc1ccco1. The van der Waals surface area contributed by atoms with Crippen molar-refractivity contribution < 1.29 is 17.6 Å². The van der Waals surface area contributed by atoms with E-state index in [4.69, 9.17) is 4.42 Å². The molecule has 3 aromatic rings. The summed E-state index contributed by atoms with van der Waals surface area (Å²) in [5, 5.41) is -0.207. The predicted octanol–water partition coefficient (Wildman–Crippen LogP) is 2.35. The van der Waals surface area contributed by atoms with Crippen molar-refractivity contribution in [2.45, 2.75) is 12.7 Å². The molecule has 0 radical (unpaired) electrons. The van der Waals surface area contributed by atoms with Crippen LogP contribution in [0.2, 0.25) is 0 Å². The van der Waals surface area contributed by atoms with Crippen LogP contribution < -0.4 is 11.2 Å². The van der Waals surface area contributed by atoms with Crippen molar-refractivity contribution in [3.63, 3.8) is 0 Å². The minimum Gasteiger partial charge on any atom is -0.467 e. The lowest BCUT2D eigenvalue weighted by Gasteiger charge is -2.11. The molecule has 22 heavy (non-hydrogen) atoms. The third kappa shape index (κ3) is 2.32. The number of halogens is 3. The molecule has 2 aromatic heterocycles. The first kappa shape index (κ1) is 14.2. The van der Waals surface area contributed by atoms with Crippen molar-refractivity contribution in [2.24, 2.45) is 0 Å². The van der Waals surface area contributed by atoms with E-state index in [9.17, 15) is 22.8 Å². The largest absolute Gasteiger partial charge is 0.467 e. The van der Waals surface area contributed by atoms with Crippen molar-refractivity contribution in [1.82, 2.24) is 9.55 Å². The monoisotopic (exact) mass is 310 g/mol. The fourth-order valence-electron chi connectivity index (χ4n) is 2.22. The van der Waals surface area contributed by atoms with Gasteiger partial charge in [0.2, 0.25) is 0 Å². The van der Waals surface area contributed by atoms with Crippen molar-refractivity contribution in [3.05, 3.63) is 68.8 Å². The van der Waals surface area contributed by atoms with Crippen LogP contribution in [0.4, 0.5) is 13.2 Å². The molecule has 114 valence electrons. The van der Waals surface area contributed by atoms with Crippen LogP contribution >= 0.6 is 0 Å². The van der Waals surface area contributed by atoms with E-state index in [2.05, 4.69) is 4.98 Å². The number of nitrogens with zero attached hydrogens (tertiary/aromatic N) is 1. The average molecular weight is 310 g/mol. The molecule has 0 aliphatic heterocycles. The first-order valence-electron chi connectivity index (χ1n) is 6.23. The van der Waals surface area contributed by atoms with Gasteiger partial charge in [0.05, 0.1) is 29.3 Å². The topological polar surface area (TPSA) is 68.0 Å². The lowest BCUT2D eigenvalue weighted by Crippen LogP contribution is -2.35. The summed E-state index contributed by atoms with van der Waals surface area (Å²) in [6.07, 6.45) is -3.29. The Balaban J connectivity index is 2.27. The summed E-state index contributed by atoms with van der Waals surface area (Å²) >= 11 is 0. The van der Waals surface area contributed by atoms with Crippen molar-refractivity contribution in [3.8, 4) is 0 Å². The number of hydrogen-bond donors (Lipinski definition) is 1. The Morgan fingerprint density at radius 1 is 1.14 bits per heavy atom. The Hall–Kier alpha value is -2.77. The van der Waals surface area contributed by atoms with Gasteiger partial charge in [-0.1, -0.05) is 6.07 Å². The van der Waals surface area contributed by atoms with Crippen molar-refractivity contribution in [1.29, 1.82) is 0 Å². The van der Waals surface area contributed by atoms with Gasteiger partial charge in [-0.2, -0.15) is 13.2 Å². The Kier molecular flexibility index (Phi) is 3.16. The number of para-hydroxylation sites is 1. The number of nitrogens with one attached hydrogen (secondary N) is 1. The summed E-state index contributed by atoms with van der Waals surface area (Å²) in [5.41, 5.74) is -3.29. The number of fused-ring (bicyclic) bond motifs is 1. The van der Waals surface area contributed by atoms with E-state index in [1.165, 1.54) is 12.3 Å². The van der Waals surface area contributed by atoms with E-state index >= 15 is 0 Å². The van der Waals surface area contributed by atoms with E-state index in [1.807, 2.05) is 0 Å². The van der Waals surface area contributed by atoms with Gasteiger partial charge in [-0.3, -0.25) is 9.36 Å². The molecule has 8 heteroatoms. The van der Waals surface area contributed by atoms with E-state index in [0.29, 0.717) is 5.76 Å². The molecule has 5 nitrogen and oxygen atoms in total. The summed E-state index contributed by atoms with van der Waals surface area (Å²) in [4.78, 5) is 26.4. The molecule has 0 aliphatic carbocycles. The first-order chi connectivity index (χ1) is 10.4. The fourth-order valence-corrected chi connectivity index (χ4v) is 2.22. The summed E-state index contributed by atoms with van der Waals surface area (Å²) in [6.45, 7) is -0.159. The van der Waals surface area contributed by atoms with Crippen LogP contribution in [0.1, 0.15) is 11.3 Å². The van der Waals surface area contributed by atoms with Crippen molar-refractivity contribution >= 4 is 10.9 Å². The minimum absolute atomic E-state index is 0.159. The van der Waals surface area contributed by atoms with Gasteiger partial charge in [-0.15, -0.1) is 0 Å². The summed E-state index contributed by atoms with van der Waals surface area (Å²) in [6, 6.07) is 6.32. The molecule has 0 spiro atoms. The average Bonchev–Trinajstić information content (AvgIpc) is 2.95. The van der Waals surface area contributed by atoms with E-state index in [-0.39, 0.29) is 11.9 Å². The van der Waals surface area contributed by atoms with E-state index in [0.717, 1.165) is 16.7 Å². The summed E-state index contributed by atoms with van der Waals surface area (Å²) in [5.74, 6) is 0.346. The molecule has 0 saturated carbocycles. The zero-order chi connectivity index (χ0) is 15.9. The third-order valence-corrected chi connectivity index (χ3v) is 3.22. The number of hydrogen-bond acceptors (Lipinski definition) is 3. The van der Waals surface area contributed by atoms with Gasteiger partial charge < -0.3 is 9.40 Å². The van der Waals surface area contributed by atoms with Crippen molar-refractivity contribution in [2.75, 3.05) is 0 Å². The van der Waals surface area contributed by atoms with Gasteiger partial charge in [0, 0.05) is 0 Å². The second-order valence-corrected chi connectivity index (χ2v) is 4.63. The minimum atomic E-state index is -4.66. The maximum Gasteiger partial charge on any atom is 0.418 e. The van der Waals surface area contributed by atoms with Gasteiger partial charge in [0.25, 0.3) is 5.56 Å². The van der Waals surface area contributed by atoms with Gasteiger partial charge in [0.15, 0.2) is 0 Å². The maximum absolute atomic E-state index is 12.9. The zero-order valence-corrected chi connectivity index (χ0v) is 11.0. The van der Waals surface area contributed by atoms with Gasteiger partial charge >= 0.3 is 11.9 Å². The normalized spacial score (nSPS) is 12.0. The van der Waals surface area contributed by atoms with Crippen LogP contribution in [0.5, 0.6) is 0 Å². The quantitative estimate of drug-likeness (QED) is 0.790. The molecule has 0 saturated heterocycles. The molecule has 0 amide bonds. The highest BCUT2D eigenvalue weighted by atomic mass is 19.4. The molecular formula is C14H9F3N2O3. The Bertz CT molecular complexity index is 937.